The Balaban J connectivity index is 1.08. The minimum Gasteiger partial charge on any atom is -0.484 e. The van der Waals surface area contributed by atoms with E-state index in [0.717, 1.165) is 67.8 Å². The third kappa shape index (κ3) is 8.53. The molecule has 2 aromatic carbocycles. The molecule has 4 heterocycles. The fourth-order valence-electron chi connectivity index (χ4n) is 8.29. The van der Waals surface area contributed by atoms with Gasteiger partial charge in [0.15, 0.2) is 0 Å². The molecule has 0 saturated carbocycles. The quantitative estimate of drug-likeness (QED) is 0.117. The second kappa shape index (κ2) is 16.2. The van der Waals surface area contributed by atoms with Crippen LogP contribution in [0.1, 0.15) is 101 Å². The van der Waals surface area contributed by atoms with Gasteiger partial charge in [0.1, 0.15) is 34.7 Å². The molecule has 4 atom stereocenters. The smallest absolute Gasteiger partial charge is 0.320 e. The molecule has 2 fully saturated rings. The third-order valence-corrected chi connectivity index (χ3v) is 11.6. The van der Waals surface area contributed by atoms with E-state index in [2.05, 4.69) is 46.2 Å². The summed E-state index contributed by atoms with van der Waals surface area (Å²) in [6.07, 6.45) is 5.92. The number of hydrogen-bond acceptors (Lipinski definition) is 7. The van der Waals surface area contributed by atoms with Crippen LogP contribution < -0.4 is 20.9 Å². The second-order valence-corrected chi connectivity index (χ2v) is 16.9. The standard InChI is InChI=1S/C43H57FN10O2/c1-28-10-9-11-29(2)53(28)41(46)52-27-31(15-19-39(52)45)56-37-18-17-35(32-12-7-8-13-33(32)37)47-42(55)48-40-25-38(43(3,4)5)49-54(40)36-24-30(14-16-34(36)44)26-51-22-20-50(6)21-23-51/h7-8,12-16,19,24-25,27-29,35,37,45-46H,9-11,17-18,20-23,26H2,1-6H3,(H2,47,48,55)/t28-,29+,35-,37+/m0/s1. The monoisotopic (exact) mass is 764 g/mol. The molecule has 2 aliphatic heterocycles. The maximum absolute atomic E-state index is 15.6. The van der Waals surface area contributed by atoms with E-state index in [9.17, 15) is 4.79 Å². The average Bonchev–Trinajstić information content (AvgIpc) is 3.59. The number of benzene rings is 2. The first-order valence-electron chi connectivity index (χ1n) is 20.0. The number of nitrogens with zero attached hydrogens (tertiary/aromatic N) is 6. The highest BCUT2D eigenvalue weighted by molar-refractivity contribution is 5.89. The lowest BCUT2D eigenvalue weighted by Gasteiger charge is -2.41. The lowest BCUT2D eigenvalue weighted by atomic mass is 9.85. The lowest BCUT2D eigenvalue weighted by Crippen LogP contribution is -2.51. The van der Waals surface area contributed by atoms with Crippen LogP contribution in [0.15, 0.2) is 66.9 Å². The van der Waals surface area contributed by atoms with Crippen LogP contribution in [0.4, 0.5) is 15.0 Å². The molecule has 7 rings (SSSR count). The van der Waals surface area contributed by atoms with Crippen molar-refractivity contribution in [1.29, 1.82) is 10.8 Å². The molecule has 2 amide bonds. The van der Waals surface area contributed by atoms with Crippen molar-refractivity contribution in [2.75, 3.05) is 38.5 Å². The molecule has 2 aromatic heterocycles. The fourth-order valence-corrected chi connectivity index (χ4v) is 8.29. The minimum absolute atomic E-state index is 0.222. The van der Waals surface area contributed by atoms with Crippen LogP contribution in [0.5, 0.6) is 5.75 Å². The van der Waals surface area contributed by atoms with Gasteiger partial charge in [0.05, 0.1) is 17.9 Å². The van der Waals surface area contributed by atoms with Crippen LogP contribution in [-0.2, 0) is 12.0 Å². The van der Waals surface area contributed by atoms with E-state index in [0.29, 0.717) is 36.6 Å². The summed E-state index contributed by atoms with van der Waals surface area (Å²) in [5.41, 5.74) is 3.82. The predicted octanol–water partition coefficient (Wildman–Crippen LogP) is 7.16. The van der Waals surface area contributed by atoms with Crippen molar-refractivity contribution in [1.82, 2.24) is 34.4 Å². The number of hydrogen-bond donors (Lipinski definition) is 4. The van der Waals surface area contributed by atoms with E-state index in [1.54, 1.807) is 22.9 Å². The second-order valence-electron chi connectivity index (χ2n) is 16.9. The first kappa shape index (κ1) is 39.2. The highest BCUT2D eigenvalue weighted by Crippen LogP contribution is 2.39. The van der Waals surface area contributed by atoms with Crippen molar-refractivity contribution in [3.05, 3.63) is 101 Å². The number of fused-ring (bicyclic) bond motifs is 1. The number of piperazine rings is 1. The van der Waals surface area contributed by atoms with E-state index in [4.69, 9.17) is 20.7 Å². The van der Waals surface area contributed by atoms with Gasteiger partial charge in [0, 0.05) is 56.3 Å². The zero-order valence-electron chi connectivity index (χ0n) is 33.6. The average molecular weight is 765 g/mol. The fraction of sp³-hybridized carbons (Fsp3) is 0.488. The van der Waals surface area contributed by atoms with Crippen molar-refractivity contribution < 1.29 is 13.9 Å². The lowest BCUT2D eigenvalue weighted by molar-refractivity contribution is 0.148. The number of amides is 2. The molecule has 2 saturated heterocycles. The van der Waals surface area contributed by atoms with Crippen LogP contribution in [0, 0.1) is 16.6 Å². The van der Waals surface area contributed by atoms with Crippen LogP contribution >= 0.6 is 0 Å². The number of rotatable bonds is 7. The Hall–Kier alpha value is -5.01. The van der Waals surface area contributed by atoms with E-state index >= 15 is 4.39 Å². The van der Waals surface area contributed by atoms with Crippen LogP contribution in [0.25, 0.3) is 5.69 Å². The van der Waals surface area contributed by atoms with Crippen molar-refractivity contribution >= 4 is 17.8 Å². The Labute approximate surface area is 329 Å². The molecule has 298 valence electrons. The highest BCUT2D eigenvalue weighted by Gasteiger charge is 2.32. The van der Waals surface area contributed by atoms with E-state index in [1.807, 2.05) is 63.2 Å². The summed E-state index contributed by atoms with van der Waals surface area (Å²) in [5.74, 6) is 0.839. The maximum Gasteiger partial charge on any atom is 0.320 e. The number of anilines is 1. The number of likely N-dealkylation sites (tertiary alicyclic amines) is 1. The van der Waals surface area contributed by atoms with Gasteiger partial charge in [-0.1, -0.05) is 51.1 Å². The summed E-state index contributed by atoms with van der Waals surface area (Å²) in [6, 6.07) is 18.2. The number of carbonyl (C=O) groups excluding carboxylic acids is 1. The highest BCUT2D eigenvalue weighted by atomic mass is 19.1. The summed E-state index contributed by atoms with van der Waals surface area (Å²) in [6.45, 7) is 15.0. The molecule has 13 heteroatoms. The molecule has 56 heavy (non-hydrogen) atoms. The molecule has 3 aliphatic rings. The van der Waals surface area contributed by atoms with Gasteiger partial charge in [-0.05, 0) is 94.0 Å². The first-order valence-corrected chi connectivity index (χ1v) is 20.0. The molecule has 12 nitrogen and oxygen atoms in total. The summed E-state index contributed by atoms with van der Waals surface area (Å²) in [4.78, 5) is 20.6. The molecule has 4 N–H and O–H groups in total. The van der Waals surface area contributed by atoms with Gasteiger partial charge in [-0.2, -0.15) is 5.10 Å². The predicted molar refractivity (Wildman–Crippen MR) is 217 cm³/mol. The molecular formula is C43H57FN10O2. The number of halogens is 1. The zero-order valence-corrected chi connectivity index (χ0v) is 33.6. The topological polar surface area (TPSA) is 131 Å². The van der Waals surface area contributed by atoms with Gasteiger partial charge in [0.2, 0.25) is 5.96 Å². The molecule has 0 bridgehead atoms. The number of piperidine rings is 1. The Kier molecular flexibility index (Phi) is 11.4. The summed E-state index contributed by atoms with van der Waals surface area (Å²) < 4.78 is 25.3. The molecule has 0 radical (unpaired) electrons. The number of urea groups is 1. The Morgan fingerprint density at radius 1 is 0.946 bits per heavy atom. The van der Waals surface area contributed by atoms with Crippen molar-refractivity contribution in [2.45, 2.75) is 103 Å². The number of carbonyl (C=O) groups is 1. The Bertz CT molecular complexity index is 2100. The zero-order chi connectivity index (χ0) is 39.7. The maximum atomic E-state index is 15.6. The van der Waals surface area contributed by atoms with Crippen LogP contribution in [0.3, 0.4) is 0 Å². The van der Waals surface area contributed by atoms with E-state index < -0.39 is 11.8 Å². The third-order valence-electron chi connectivity index (χ3n) is 11.6. The molecule has 1 aliphatic carbocycles. The van der Waals surface area contributed by atoms with Crippen molar-refractivity contribution in [3.63, 3.8) is 0 Å². The van der Waals surface area contributed by atoms with Gasteiger partial charge in [-0.15, -0.1) is 0 Å². The summed E-state index contributed by atoms with van der Waals surface area (Å²) >= 11 is 0. The molecule has 0 unspecified atom stereocenters. The van der Waals surface area contributed by atoms with Gasteiger partial charge in [-0.3, -0.25) is 25.6 Å². The minimum atomic E-state index is -0.415. The van der Waals surface area contributed by atoms with Crippen molar-refractivity contribution in [2.24, 2.45) is 0 Å². The van der Waals surface area contributed by atoms with Gasteiger partial charge >= 0.3 is 6.03 Å². The van der Waals surface area contributed by atoms with Crippen LogP contribution in [0.2, 0.25) is 0 Å². The van der Waals surface area contributed by atoms with Crippen LogP contribution in [-0.4, -0.2) is 86.3 Å². The van der Waals surface area contributed by atoms with Crippen molar-refractivity contribution in [3.8, 4) is 11.4 Å². The summed E-state index contributed by atoms with van der Waals surface area (Å²) in [7, 11) is 2.13. The number of pyridine rings is 1. The van der Waals surface area contributed by atoms with Gasteiger partial charge in [-0.25, -0.2) is 13.9 Å². The number of ether oxygens (including phenoxy) is 1. The number of likely N-dealkylation sites (N-methyl/N-ethyl adjacent to an activating group) is 1. The number of nitrogens with one attached hydrogen (secondary N) is 4. The van der Waals surface area contributed by atoms with E-state index in [-0.39, 0.29) is 41.1 Å². The van der Waals surface area contributed by atoms with E-state index in [1.165, 1.54) is 10.7 Å². The Morgan fingerprint density at radius 3 is 2.38 bits per heavy atom. The molecule has 0 spiro atoms. The SMILES string of the molecule is C[C@@H]1CCC[C@H](C)N1C(=N)n1cc(O[C@@H]2CC[C@H](NC(=O)Nc3cc(C(C)(C)C)nn3-c3cc(CN4CCN(C)CC4)ccc3F)c3ccccc32)ccc1=N. The van der Waals surface area contributed by atoms with Gasteiger partial charge in [0.25, 0.3) is 0 Å². The Morgan fingerprint density at radius 2 is 1.66 bits per heavy atom. The molecular weight excluding hydrogens is 708 g/mol. The largest absolute Gasteiger partial charge is 0.484 e. The molecule has 4 aromatic rings. The first-order chi connectivity index (χ1) is 26.7. The normalized spacial score (nSPS) is 22.0. The summed E-state index contributed by atoms with van der Waals surface area (Å²) in [5, 5.41) is 28.6. The number of aromatic nitrogens is 3. The van der Waals surface area contributed by atoms with Gasteiger partial charge < -0.3 is 19.9 Å².